The Morgan fingerprint density at radius 2 is 1.85 bits per heavy atom. The van der Waals surface area contributed by atoms with Gasteiger partial charge in [-0.05, 0) is 42.5 Å². The molecule has 0 bridgehead atoms. The van der Waals surface area contributed by atoms with Gasteiger partial charge in [0.2, 0.25) is 0 Å². The molecule has 0 unspecified atom stereocenters. The molecule has 0 atom stereocenters. The second-order valence-electron chi connectivity index (χ2n) is 5.51. The van der Waals surface area contributed by atoms with Crippen LogP contribution in [0.15, 0.2) is 60.8 Å². The minimum absolute atomic E-state index is 0.0838. The number of hydrogen-bond donors (Lipinski definition) is 2. The molecular weight excluding hydrogens is 359 g/mol. The van der Waals surface area contributed by atoms with Gasteiger partial charge in [-0.15, -0.1) is 10.2 Å². The maximum absolute atomic E-state index is 12.7. The minimum atomic E-state index is -4.43. The Balaban J connectivity index is 1.62. The molecule has 3 aromatic rings. The van der Waals surface area contributed by atoms with Gasteiger partial charge >= 0.3 is 6.18 Å². The van der Waals surface area contributed by atoms with E-state index in [1.54, 1.807) is 18.3 Å². The number of rotatable bonds is 5. The topological polar surface area (TPSA) is 79.8 Å². The van der Waals surface area contributed by atoms with Crippen LogP contribution in [0, 0.1) is 0 Å². The summed E-state index contributed by atoms with van der Waals surface area (Å²) >= 11 is 0. The monoisotopic (exact) mass is 373 g/mol. The van der Waals surface area contributed by atoms with Crippen LogP contribution in [0.2, 0.25) is 0 Å². The van der Waals surface area contributed by atoms with Crippen molar-refractivity contribution in [1.29, 1.82) is 0 Å². The normalized spacial score (nSPS) is 11.1. The van der Waals surface area contributed by atoms with Crippen LogP contribution in [-0.2, 0) is 12.7 Å². The van der Waals surface area contributed by atoms with E-state index >= 15 is 0 Å². The Bertz CT molecular complexity index is 914. The fraction of sp³-hybridized carbons (Fsp3) is 0.111. The summed E-state index contributed by atoms with van der Waals surface area (Å²) < 4.78 is 38.2. The van der Waals surface area contributed by atoms with E-state index < -0.39 is 17.6 Å². The van der Waals surface area contributed by atoms with E-state index in [0.29, 0.717) is 5.69 Å². The Kier molecular flexibility index (Phi) is 5.30. The number of hydrogen-bond acceptors (Lipinski definition) is 5. The van der Waals surface area contributed by atoms with Crippen LogP contribution < -0.4 is 10.6 Å². The summed E-state index contributed by atoms with van der Waals surface area (Å²) in [5, 5.41) is 13.0. The number of nitrogens with one attached hydrogen (secondary N) is 2. The van der Waals surface area contributed by atoms with Crippen molar-refractivity contribution < 1.29 is 18.0 Å². The number of amides is 1. The van der Waals surface area contributed by atoms with Crippen molar-refractivity contribution in [2.24, 2.45) is 0 Å². The highest BCUT2D eigenvalue weighted by Gasteiger charge is 2.30. The molecule has 0 aliphatic rings. The number of carbonyl (C=O) groups excluding carboxylic acids is 1. The van der Waals surface area contributed by atoms with Crippen molar-refractivity contribution >= 4 is 17.4 Å². The number of pyridine rings is 1. The van der Waals surface area contributed by atoms with E-state index in [0.717, 1.165) is 12.1 Å². The van der Waals surface area contributed by atoms with Crippen molar-refractivity contribution in [3.63, 3.8) is 0 Å². The Hall–Kier alpha value is -3.49. The summed E-state index contributed by atoms with van der Waals surface area (Å²) in [6.45, 7) is 0.242. The molecule has 0 aliphatic heterocycles. The molecule has 6 nitrogen and oxygen atoms in total. The van der Waals surface area contributed by atoms with Gasteiger partial charge < -0.3 is 10.6 Å². The van der Waals surface area contributed by atoms with Gasteiger partial charge in [-0.1, -0.05) is 12.1 Å². The lowest BCUT2D eigenvalue weighted by Crippen LogP contribution is -2.24. The molecule has 138 valence electrons. The van der Waals surface area contributed by atoms with E-state index in [2.05, 4.69) is 25.8 Å². The number of alkyl halides is 3. The lowest BCUT2D eigenvalue weighted by atomic mass is 10.2. The molecule has 3 rings (SSSR count). The predicted octanol–water partition coefficient (Wildman–Crippen LogP) is 3.56. The fourth-order valence-corrected chi connectivity index (χ4v) is 2.21. The largest absolute Gasteiger partial charge is 0.416 e. The van der Waals surface area contributed by atoms with E-state index in [1.165, 1.54) is 24.3 Å². The molecule has 2 N–H and O–H groups in total. The molecule has 0 radical (unpaired) electrons. The second kappa shape index (κ2) is 7.81. The molecule has 0 aliphatic carbocycles. The molecule has 9 heteroatoms. The van der Waals surface area contributed by atoms with Crippen molar-refractivity contribution in [3.05, 3.63) is 77.7 Å². The summed E-state index contributed by atoms with van der Waals surface area (Å²) in [7, 11) is 0. The zero-order valence-corrected chi connectivity index (χ0v) is 13.9. The van der Waals surface area contributed by atoms with Crippen LogP contribution in [0.5, 0.6) is 0 Å². The summed E-state index contributed by atoms with van der Waals surface area (Å²) in [5.41, 5.74) is 0.222. The average molecular weight is 373 g/mol. The van der Waals surface area contributed by atoms with Gasteiger partial charge in [-0.2, -0.15) is 13.2 Å². The number of benzene rings is 1. The minimum Gasteiger partial charge on any atom is -0.345 e. The first-order chi connectivity index (χ1) is 12.9. The quantitative estimate of drug-likeness (QED) is 0.715. The number of nitrogens with zero attached hydrogens (tertiary/aromatic N) is 3. The smallest absolute Gasteiger partial charge is 0.345 e. The van der Waals surface area contributed by atoms with Gasteiger partial charge in [-0.3, -0.25) is 9.78 Å². The third-order valence-corrected chi connectivity index (χ3v) is 3.52. The van der Waals surface area contributed by atoms with Crippen LogP contribution in [0.4, 0.5) is 24.7 Å². The van der Waals surface area contributed by atoms with Crippen molar-refractivity contribution in [2.75, 3.05) is 5.32 Å². The lowest BCUT2D eigenvalue weighted by Gasteiger charge is -2.10. The van der Waals surface area contributed by atoms with Crippen LogP contribution in [0.25, 0.3) is 0 Å². The first kappa shape index (κ1) is 18.3. The summed E-state index contributed by atoms with van der Waals surface area (Å²) in [5.74, 6) is -0.214. The van der Waals surface area contributed by atoms with Crippen LogP contribution in [0.3, 0.4) is 0 Å². The first-order valence-electron chi connectivity index (χ1n) is 7.88. The zero-order chi connectivity index (χ0) is 19.3. The van der Waals surface area contributed by atoms with Gasteiger partial charge in [0.05, 0.1) is 17.8 Å². The number of anilines is 2. The molecule has 0 saturated heterocycles. The first-order valence-corrected chi connectivity index (χ1v) is 7.88. The number of halogens is 3. The lowest BCUT2D eigenvalue weighted by molar-refractivity contribution is -0.137. The van der Waals surface area contributed by atoms with Gasteiger partial charge in [0.15, 0.2) is 11.5 Å². The molecule has 1 amide bonds. The molecule has 0 spiro atoms. The highest BCUT2D eigenvalue weighted by molar-refractivity contribution is 5.92. The summed E-state index contributed by atoms with van der Waals surface area (Å²) in [6.07, 6.45) is -2.81. The van der Waals surface area contributed by atoms with Gasteiger partial charge in [0.1, 0.15) is 0 Å². The number of carbonyl (C=O) groups is 1. The second-order valence-corrected chi connectivity index (χ2v) is 5.51. The van der Waals surface area contributed by atoms with Crippen LogP contribution in [-0.4, -0.2) is 21.1 Å². The predicted molar refractivity (Wildman–Crippen MR) is 92.2 cm³/mol. The molecule has 0 fully saturated rings. The third kappa shape index (κ3) is 5.00. The Labute approximate surface area is 152 Å². The van der Waals surface area contributed by atoms with Crippen LogP contribution in [0.1, 0.15) is 21.7 Å². The standard InChI is InChI=1S/C18H14F3N5O/c19-18(20,21)12-4-3-6-13(10-12)24-16-8-7-15(25-26-16)17(27)23-11-14-5-1-2-9-22-14/h1-10H,11H2,(H,23,27)(H,24,26). The SMILES string of the molecule is O=C(NCc1ccccn1)c1ccc(Nc2cccc(C(F)(F)F)c2)nn1. The van der Waals surface area contributed by atoms with Crippen molar-refractivity contribution in [3.8, 4) is 0 Å². The molecular formula is C18H14F3N5O. The van der Waals surface area contributed by atoms with E-state index in [4.69, 9.17) is 0 Å². The fourth-order valence-electron chi connectivity index (χ4n) is 2.21. The highest BCUT2D eigenvalue weighted by atomic mass is 19.4. The van der Waals surface area contributed by atoms with E-state index in [-0.39, 0.29) is 23.7 Å². The number of aromatic nitrogens is 3. The molecule has 2 aromatic heterocycles. The maximum atomic E-state index is 12.7. The molecule has 2 heterocycles. The van der Waals surface area contributed by atoms with E-state index in [9.17, 15) is 18.0 Å². The zero-order valence-electron chi connectivity index (χ0n) is 13.9. The van der Waals surface area contributed by atoms with Gasteiger partial charge in [-0.25, -0.2) is 0 Å². The Morgan fingerprint density at radius 1 is 1.00 bits per heavy atom. The van der Waals surface area contributed by atoms with Crippen molar-refractivity contribution in [2.45, 2.75) is 12.7 Å². The van der Waals surface area contributed by atoms with Crippen LogP contribution >= 0.6 is 0 Å². The van der Waals surface area contributed by atoms with E-state index in [1.807, 2.05) is 6.07 Å². The Morgan fingerprint density at radius 3 is 2.52 bits per heavy atom. The summed E-state index contributed by atoms with van der Waals surface area (Å²) in [4.78, 5) is 16.1. The molecule has 0 saturated carbocycles. The summed E-state index contributed by atoms with van der Waals surface area (Å²) in [6, 6.07) is 13.0. The highest BCUT2D eigenvalue weighted by Crippen LogP contribution is 2.31. The van der Waals surface area contributed by atoms with Gasteiger partial charge in [0.25, 0.3) is 5.91 Å². The van der Waals surface area contributed by atoms with Gasteiger partial charge in [0, 0.05) is 11.9 Å². The average Bonchev–Trinajstić information content (AvgIpc) is 2.67. The molecule has 27 heavy (non-hydrogen) atoms. The molecule has 1 aromatic carbocycles. The maximum Gasteiger partial charge on any atom is 0.416 e. The third-order valence-electron chi connectivity index (χ3n) is 3.52. The van der Waals surface area contributed by atoms with Crippen molar-refractivity contribution in [1.82, 2.24) is 20.5 Å².